The Balaban J connectivity index is 1.45. The molecular weight excluding hydrogens is 386 g/mol. The summed E-state index contributed by atoms with van der Waals surface area (Å²) in [5.41, 5.74) is 5.89. The van der Waals surface area contributed by atoms with Gasteiger partial charge in [0, 0.05) is 17.6 Å². The average molecular weight is 414 g/mol. The number of fused-ring (bicyclic) bond motifs is 2. The number of nitrogens with zero attached hydrogens (tertiary/aromatic N) is 2. The van der Waals surface area contributed by atoms with E-state index in [1.54, 1.807) is 12.3 Å². The number of amides is 2. The van der Waals surface area contributed by atoms with E-state index >= 15 is 0 Å². The van der Waals surface area contributed by atoms with Crippen LogP contribution in [0.25, 0.3) is 0 Å². The topological polar surface area (TPSA) is 106 Å². The summed E-state index contributed by atoms with van der Waals surface area (Å²) in [4.78, 5) is 12.7. The van der Waals surface area contributed by atoms with Gasteiger partial charge in [-0.25, -0.2) is 13.7 Å². The van der Waals surface area contributed by atoms with Crippen LogP contribution in [0.4, 0.5) is 10.5 Å². The fourth-order valence-electron chi connectivity index (χ4n) is 4.26. The first-order chi connectivity index (χ1) is 14.1. The summed E-state index contributed by atoms with van der Waals surface area (Å²) in [6.45, 7) is 1.45. The highest BCUT2D eigenvalue weighted by Crippen LogP contribution is 2.38. The first-order valence-electron chi connectivity index (χ1n) is 10.4. The van der Waals surface area contributed by atoms with Crippen molar-refractivity contribution in [2.75, 3.05) is 18.4 Å². The average Bonchev–Trinajstić information content (AvgIpc) is 3.18. The van der Waals surface area contributed by atoms with Crippen LogP contribution in [-0.4, -0.2) is 23.3 Å². The van der Waals surface area contributed by atoms with Gasteiger partial charge in [0.15, 0.2) is 9.92 Å². The molecule has 8 heteroatoms. The lowest BCUT2D eigenvalue weighted by molar-refractivity contribution is 0.257. The molecule has 2 amide bonds. The first kappa shape index (κ1) is 19.9. The van der Waals surface area contributed by atoms with Gasteiger partial charge in [-0.3, -0.25) is 0 Å². The number of nitrogens with one attached hydrogen (secondary N) is 3. The summed E-state index contributed by atoms with van der Waals surface area (Å²) in [5, 5.41) is 16.4. The minimum Gasteiger partial charge on any atom is -0.313 e. The van der Waals surface area contributed by atoms with E-state index in [1.807, 2.05) is 0 Å². The molecule has 0 radical (unpaired) electrons. The summed E-state index contributed by atoms with van der Waals surface area (Å²) >= 11 is 0. The van der Waals surface area contributed by atoms with Gasteiger partial charge in [0.2, 0.25) is 6.19 Å². The Bertz CT molecular complexity index is 965. The van der Waals surface area contributed by atoms with Crippen LogP contribution in [0.1, 0.15) is 47.9 Å². The third-order valence-corrected chi connectivity index (χ3v) is 7.19. The number of urea groups is 1. The molecule has 0 spiro atoms. The number of carbonyl (C=O) groups excluding carboxylic acids is 1. The van der Waals surface area contributed by atoms with Crippen molar-refractivity contribution in [1.82, 2.24) is 10.0 Å². The molecule has 0 bridgehead atoms. The molecule has 7 nitrogen and oxygen atoms in total. The largest absolute Gasteiger partial charge is 0.331 e. The Kier molecular flexibility index (Phi) is 5.88. The Morgan fingerprint density at radius 3 is 2.52 bits per heavy atom. The van der Waals surface area contributed by atoms with Crippen molar-refractivity contribution >= 4 is 21.6 Å². The van der Waals surface area contributed by atoms with E-state index in [1.165, 1.54) is 40.5 Å². The number of benzene rings is 1. The Labute approximate surface area is 172 Å². The van der Waals surface area contributed by atoms with Gasteiger partial charge >= 0.3 is 6.03 Å². The van der Waals surface area contributed by atoms with E-state index in [9.17, 15) is 9.00 Å². The third-order valence-electron chi connectivity index (χ3n) is 5.80. The van der Waals surface area contributed by atoms with Crippen LogP contribution in [0, 0.1) is 17.4 Å². The highest BCUT2D eigenvalue weighted by molar-refractivity contribution is 7.95. The summed E-state index contributed by atoms with van der Waals surface area (Å²) in [6, 6.07) is 1.71. The van der Waals surface area contributed by atoms with Crippen molar-refractivity contribution in [3.8, 4) is 6.19 Å². The zero-order valence-corrected chi connectivity index (χ0v) is 17.3. The van der Waals surface area contributed by atoms with Crippen molar-refractivity contribution in [3.05, 3.63) is 39.8 Å². The second-order valence-corrected chi connectivity index (χ2v) is 9.82. The molecule has 1 aromatic rings. The second kappa shape index (κ2) is 8.56. The van der Waals surface area contributed by atoms with Crippen LogP contribution in [0.15, 0.2) is 21.9 Å². The smallest absolute Gasteiger partial charge is 0.313 e. The fourth-order valence-corrected chi connectivity index (χ4v) is 5.23. The molecular formula is C21H27N5O2S. The second-order valence-electron chi connectivity index (χ2n) is 8.02. The number of carbonyl (C=O) groups is 1. The maximum Gasteiger partial charge on any atom is 0.331 e. The lowest BCUT2D eigenvalue weighted by Crippen LogP contribution is -2.33. The summed E-state index contributed by atoms with van der Waals surface area (Å²) in [6.07, 6.45) is 11.9. The van der Waals surface area contributed by atoms with Gasteiger partial charge in [0.25, 0.3) is 0 Å². The summed E-state index contributed by atoms with van der Waals surface area (Å²) < 4.78 is 18.8. The molecule has 0 aromatic heterocycles. The molecule has 1 atom stereocenters. The van der Waals surface area contributed by atoms with Crippen LogP contribution in [0.2, 0.25) is 0 Å². The fraction of sp³-hybridized carbons (Fsp3) is 0.524. The number of rotatable bonds is 7. The minimum atomic E-state index is -3.29. The van der Waals surface area contributed by atoms with Crippen LogP contribution >= 0.6 is 0 Å². The van der Waals surface area contributed by atoms with Gasteiger partial charge in [-0.1, -0.05) is 16.5 Å². The molecule has 1 aromatic carbocycles. The van der Waals surface area contributed by atoms with Crippen molar-refractivity contribution in [3.63, 3.8) is 0 Å². The van der Waals surface area contributed by atoms with Crippen molar-refractivity contribution in [2.24, 2.45) is 10.3 Å². The molecule has 29 heavy (non-hydrogen) atoms. The van der Waals surface area contributed by atoms with Gasteiger partial charge in [0.05, 0.1) is 0 Å². The van der Waals surface area contributed by atoms with Crippen molar-refractivity contribution < 1.29 is 9.00 Å². The number of aryl methyl sites for hydroxylation is 2. The number of hydrogen-bond acceptors (Lipinski definition) is 5. The predicted octanol–water partition coefficient (Wildman–Crippen LogP) is 3.16. The maximum absolute atomic E-state index is 12.9. The number of anilines is 1. The zero-order chi connectivity index (χ0) is 20.3. The molecule has 154 valence electrons. The van der Waals surface area contributed by atoms with Gasteiger partial charge in [-0.05, 0) is 86.1 Å². The summed E-state index contributed by atoms with van der Waals surface area (Å²) in [7, 11) is -3.29. The summed E-state index contributed by atoms with van der Waals surface area (Å²) in [5.74, 6) is 0.745. The minimum absolute atomic E-state index is 0.525. The number of nitriles is 1. The van der Waals surface area contributed by atoms with Gasteiger partial charge in [-0.2, -0.15) is 5.26 Å². The molecule has 3 aliphatic rings. The standard InChI is InChI=1S/C21H27N5O2S/c22-14-24-29(28,11-3-10-23-13-15-8-9-15)26-21(27)25-20-18-6-1-4-16(18)12-17-5-2-7-19(17)20/h3,11-12,15,23H,1-2,4-10,13H2,(H2,24,25,26,27,28)/b11-3+. The highest BCUT2D eigenvalue weighted by atomic mass is 32.2. The lowest BCUT2D eigenvalue weighted by atomic mass is 9.99. The molecule has 3 aliphatic carbocycles. The van der Waals surface area contributed by atoms with E-state index in [4.69, 9.17) is 5.26 Å². The predicted molar refractivity (Wildman–Crippen MR) is 114 cm³/mol. The molecule has 0 heterocycles. The van der Waals surface area contributed by atoms with E-state index in [-0.39, 0.29) is 0 Å². The number of hydrogen-bond donors (Lipinski definition) is 3. The lowest BCUT2D eigenvalue weighted by Gasteiger charge is -2.16. The van der Waals surface area contributed by atoms with Crippen molar-refractivity contribution in [2.45, 2.75) is 51.4 Å². The Hall–Kier alpha value is -2.37. The van der Waals surface area contributed by atoms with Crippen molar-refractivity contribution in [1.29, 1.82) is 5.26 Å². The monoisotopic (exact) mass is 413 g/mol. The van der Waals surface area contributed by atoms with Crippen LogP contribution in [0.3, 0.4) is 0 Å². The molecule has 4 rings (SSSR count). The zero-order valence-electron chi connectivity index (χ0n) is 16.5. The van der Waals surface area contributed by atoms with E-state index in [2.05, 4.69) is 25.8 Å². The quantitative estimate of drug-likeness (QED) is 0.471. The van der Waals surface area contributed by atoms with E-state index in [0.717, 1.165) is 56.7 Å². The van der Waals surface area contributed by atoms with Gasteiger partial charge in [-0.15, -0.1) is 0 Å². The van der Waals surface area contributed by atoms with Crippen LogP contribution in [0.5, 0.6) is 0 Å². The third kappa shape index (κ3) is 4.80. The van der Waals surface area contributed by atoms with E-state index < -0.39 is 15.9 Å². The molecule has 0 saturated heterocycles. The molecule has 1 fully saturated rings. The Morgan fingerprint density at radius 1 is 1.21 bits per heavy atom. The Morgan fingerprint density at radius 2 is 1.90 bits per heavy atom. The molecule has 1 saturated carbocycles. The maximum atomic E-state index is 12.9. The SMILES string of the molecule is N#CN=S(=O)(/C=C/CNCC1CC1)NC(=O)Nc1c2c(cc3c1CCC3)CCC2. The molecule has 0 aliphatic heterocycles. The van der Waals surface area contributed by atoms with E-state index in [0.29, 0.717) is 6.54 Å². The van der Waals surface area contributed by atoms with Gasteiger partial charge in [0.1, 0.15) is 0 Å². The van der Waals surface area contributed by atoms with Crippen LogP contribution in [-0.2, 0) is 35.6 Å². The first-order valence-corrected chi connectivity index (χ1v) is 11.9. The normalized spacial score (nSPS) is 19.3. The molecule has 3 N–H and O–H groups in total. The highest BCUT2D eigenvalue weighted by Gasteiger charge is 2.25. The molecule has 1 unspecified atom stereocenters. The van der Waals surface area contributed by atoms with Gasteiger partial charge < -0.3 is 10.6 Å². The van der Waals surface area contributed by atoms with Crippen LogP contribution < -0.4 is 15.4 Å².